The Balaban J connectivity index is 1.84. The highest BCUT2D eigenvalue weighted by atomic mass is 16.5. The number of methoxy groups -OCH3 is 2. The lowest BCUT2D eigenvalue weighted by Gasteiger charge is -2.09. The van der Waals surface area contributed by atoms with Gasteiger partial charge in [-0.3, -0.25) is 4.98 Å². The van der Waals surface area contributed by atoms with Crippen LogP contribution in [-0.4, -0.2) is 31.7 Å². The molecule has 0 radical (unpaired) electrons. The number of guanidine groups is 1. The molecule has 0 amide bonds. The topological polar surface area (TPSA) is 81.8 Å². The maximum Gasteiger partial charge on any atom is 0.188 e. The third kappa shape index (κ3) is 5.18. The van der Waals surface area contributed by atoms with Crippen LogP contribution in [0.25, 0.3) is 0 Å². The molecule has 0 unspecified atom stereocenters. The first-order chi connectivity index (χ1) is 11.2. The summed E-state index contributed by atoms with van der Waals surface area (Å²) in [6.45, 7) is 1.19. The van der Waals surface area contributed by atoms with Crippen LogP contribution in [0, 0.1) is 0 Å². The number of ether oxygens (including phenoxy) is 2. The molecule has 0 fully saturated rings. The molecule has 0 spiro atoms. The van der Waals surface area contributed by atoms with E-state index in [0.717, 1.165) is 17.5 Å². The van der Waals surface area contributed by atoms with Crippen LogP contribution in [0.15, 0.2) is 47.7 Å². The number of pyridine rings is 1. The van der Waals surface area contributed by atoms with Crippen LogP contribution in [0.4, 0.5) is 0 Å². The highest BCUT2D eigenvalue weighted by Gasteiger charge is 2.04. The Kier molecular flexibility index (Phi) is 6.23. The van der Waals surface area contributed by atoms with Crippen molar-refractivity contribution in [1.82, 2.24) is 10.3 Å². The number of nitrogens with one attached hydrogen (secondary N) is 1. The minimum Gasteiger partial charge on any atom is -0.493 e. The van der Waals surface area contributed by atoms with E-state index in [9.17, 15) is 0 Å². The maximum absolute atomic E-state index is 5.88. The van der Waals surface area contributed by atoms with Gasteiger partial charge in [0.2, 0.25) is 0 Å². The number of rotatable bonds is 7. The van der Waals surface area contributed by atoms with Crippen LogP contribution in [0.2, 0.25) is 0 Å². The number of aromatic nitrogens is 1. The minimum absolute atomic E-state index is 0.420. The Labute approximate surface area is 136 Å². The van der Waals surface area contributed by atoms with Gasteiger partial charge in [-0.1, -0.05) is 12.1 Å². The highest BCUT2D eigenvalue weighted by Crippen LogP contribution is 2.27. The van der Waals surface area contributed by atoms with Gasteiger partial charge >= 0.3 is 0 Å². The van der Waals surface area contributed by atoms with Crippen LogP contribution in [0.1, 0.15) is 11.1 Å². The molecule has 6 heteroatoms. The smallest absolute Gasteiger partial charge is 0.188 e. The predicted molar refractivity (Wildman–Crippen MR) is 90.8 cm³/mol. The molecule has 0 saturated carbocycles. The second-order valence-corrected chi connectivity index (χ2v) is 4.93. The lowest BCUT2D eigenvalue weighted by atomic mass is 10.2. The van der Waals surface area contributed by atoms with Crippen molar-refractivity contribution in [3.63, 3.8) is 0 Å². The summed E-state index contributed by atoms with van der Waals surface area (Å²) in [4.78, 5) is 8.41. The molecule has 1 aromatic heterocycles. The highest BCUT2D eigenvalue weighted by molar-refractivity contribution is 5.77. The number of benzene rings is 1. The molecule has 122 valence electrons. The lowest BCUT2D eigenvalue weighted by molar-refractivity contribution is 0.354. The molecule has 0 bridgehead atoms. The van der Waals surface area contributed by atoms with E-state index in [1.807, 2.05) is 36.5 Å². The first-order valence-corrected chi connectivity index (χ1v) is 7.36. The van der Waals surface area contributed by atoms with Gasteiger partial charge < -0.3 is 20.5 Å². The number of nitrogens with two attached hydrogens (primary N) is 1. The average molecular weight is 314 g/mol. The first kappa shape index (κ1) is 16.6. The number of hydrogen-bond donors (Lipinski definition) is 2. The van der Waals surface area contributed by atoms with Gasteiger partial charge in [-0.2, -0.15) is 0 Å². The van der Waals surface area contributed by atoms with Gasteiger partial charge in [-0.05, 0) is 35.7 Å². The van der Waals surface area contributed by atoms with E-state index in [4.69, 9.17) is 15.2 Å². The molecule has 1 aromatic carbocycles. The third-order valence-electron chi connectivity index (χ3n) is 3.32. The van der Waals surface area contributed by atoms with E-state index in [1.165, 1.54) is 0 Å². The molecule has 23 heavy (non-hydrogen) atoms. The largest absolute Gasteiger partial charge is 0.493 e. The molecule has 3 N–H and O–H groups in total. The Morgan fingerprint density at radius 2 is 2.00 bits per heavy atom. The van der Waals surface area contributed by atoms with Gasteiger partial charge in [-0.15, -0.1) is 0 Å². The SMILES string of the molecule is COc1ccc(CN=C(N)NCCc2cccnc2)cc1OC. The minimum atomic E-state index is 0.420. The van der Waals surface area contributed by atoms with Crippen molar-refractivity contribution in [3.05, 3.63) is 53.9 Å². The fourth-order valence-electron chi connectivity index (χ4n) is 2.09. The molecule has 0 aliphatic rings. The first-order valence-electron chi connectivity index (χ1n) is 7.36. The predicted octanol–water partition coefficient (Wildman–Crippen LogP) is 1.75. The zero-order chi connectivity index (χ0) is 16.5. The monoisotopic (exact) mass is 314 g/mol. The van der Waals surface area contributed by atoms with Crippen molar-refractivity contribution in [2.45, 2.75) is 13.0 Å². The van der Waals surface area contributed by atoms with E-state index in [-0.39, 0.29) is 0 Å². The summed E-state index contributed by atoms with van der Waals surface area (Å²) < 4.78 is 10.5. The van der Waals surface area contributed by atoms with E-state index >= 15 is 0 Å². The molecular formula is C17H22N4O2. The Hall–Kier alpha value is -2.76. The number of aliphatic imine (C=N–C) groups is 1. The van der Waals surface area contributed by atoms with Gasteiger partial charge in [0.1, 0.15) is 0 Å². The fourth-order valence-corrected chi connectivity index (χ4v) is 2.09. The van der Waals surface area contributed by atoms with E-state index < -0.39 is 0 Å². The summed E-state index contributed by atoms with van der Waals surface area (Å²) in [5.74, 6) is 1.80. The van der Waals surface area contributed by atoms with Gasteiger partial charge in [0, 0.05) is 18.9 Å². The van der Waals surface area contributed by atoms with Crippen LogP contribution < -0.4 is 20.5 Å². The molecule has 6 nitrogen and oxygen atoms in total. The maximum atomic E-state index is 5.88. The van der Waals surface area contributed by atoms with Gasteiger partial charge in [0.15, 0.2) is 17.5 Å². The molecule has 2 aromatic rings. The van der Waals surface area contributed by atoms with Crippen LogP contribution >= 0.6 is 0 Å². The van der Waals surface area contributed by atoms with Crippen molar-refractivity contribution in [2.75, 3.05) is 20.8 Å². The zero-order valence-corrected chi connectivity index (χ0v) is 13.5. The second kappa shape index (κ2) is 8.63. The summed E-state index contributed by atoms with van der Waals surface area (Å²) >= 11 is 0. The summed E-state index contributed by atoms with van der Waals surface area (Å²) in [5, 5.41) is 3.10. The lowest BCUT2D eigenvalue weighted by Crippen LogP contribution is -2.33. The zero-order valence-electron chi connectivity index (χ0n) is 13.5. The molecule has 0 aliphatic carbocycles. The van der Waals surface area contributed by atoms with Crippen molar-refractivity contribution in [3.8, 4) is 11.5 Å². The third-order valence-corrected chi connectivity index (χ3v) is 3.32. The van der Waals surface area contributed by atoms with Crippen LogP contribution in [0.5, 0.6) is 11.5 Å². The van der Waals surface area contributed by atoms with E-state index in [2.05, 4.69) is 15.3 Å². The van der Waals surface area contributed by atoms with Gasteiger partial charge in [-0.25, -0.2) is 4.99 Å². The van der Waals surface area contributed by atoms with E-state index in [1.54, 1.807) is 20.4 Å². The standard InChI is InChI=1S/C17H22N4O2/c1-22-15-6-5-14(10-16(15)23-2)12-21-17(18)20-9-7-13-4-3-8-19-11-13/h3-6,8,10-11H,7,9,12H2,1-2H3,(H3,18,20,21). The van der Waals surface area contributed by atoms with Crippen LogP contribution in [0.3, 0.4) is 0 Å². The summed E-state index contributed by atoms with van der Waals surface area (Å²) in [6, 6.07) is 9.64. The molecule has 0 saturated heterocycles. The Morgan fingerprint density at radius 3 is 2.70 bits per heavy atom. The van der Waals surface area contributed by atoms with Crippen molar-refractivity contribution in [2.24, 2.45) is 10.7 Å². The molecular weight excluding hydrogens is 292 g/mol. The molecule has 0 aliphatic heterocycles. The van der Waals surface area contributed by atoms with Crippen molar-refractivity contribution in [1.29, 1.82) is 0 Å². The van der Waals surface area contributed by atoms with Gasteiger partial charge in [0.25, 0.3) is 0 Å². The quantitative estimate of drug-likeness (QED) is 0.601. The fraction of sp³-hybridized carbons (Fsp3) is 0.294. The normalized spacial score (nSPS) is 11.1. The van der Waals surface area contributed by atoms with Crippen molar-refractivity contribution < 1.29 is 9.47 Å². The van der Waals surface area contributed by atoms with E-state index in [0.29, 0.717) is 30.5 Å². The average Bonchev–Trinajstić information content (AvgIpc) is 2.60. The van der Waals surface area contributed by atoms with Crippen LogP contribution in [-0.2, 0) is 13.0 Å². The Bertz CT molecular complexity index is 644. The van der Waals surface area contributed by atoms with Crippen molar-refractivity contribution >= 4 is 5.96 Å². The Morgan fingerprint density at radius 1 is 1.17 bits per heavy atom. The summed E-state index contributed by atoms with van der Waals surface area (Å²) in [5.41, 5.74) is 8.04. The molecule has 1 heterocycles. The number of hydrogen-bond acceptors (Lipinski definition) is 4. The molecule has 0 atom stereocenters. The molecule has 2 rings (SSSR count). The second-order valence-electron chi connectivity index (χ2n) is 4.93. The number of nitrogens with zero attached hydrogens (tertiary/aromatic N) is 2. The summed E-state index contributed by atoms with van der Waals surface area (Å²) in [7, 11) is 3.22. The summed E-state index contributed by atoms with van der Waals surface area (Å²) in [6.07, 6.45) is 4.45. The van der Waals surface area contributed by atoms with Gasteiger partial charge in [0.05, 0.1) is 20.8 Å².